The summed E-state index contributed by atoms with van der Waals surface area (Å²) in [5.74, 6) is 1.04. The molecule has 5 rings (SSSR count). The van der Waals surface area contributed by atoms with Gasteiger partial charge in [0.15, 0.2) is 0 Å². The molecule has 1 fully saturated rings. The van der Waals surface area contributed by atoms with Crippen LogP contribution in [0.25, 0.3) is 22.2 Å². The average molecular weight is 364 g/mol. The first-order valence-electron chi connectivity index (χ1n) is 9.11. The van der Waals surface area contributed by atoms with Gasteiger partial charge in [-0.3, -0.25) is 0 Å². The molecule has 5 heterocycles. The highest BCUT2D eigenvalue weighted by Gasteiger charge is 2.20. The lowest BCUT2D eigenvalue weighted by atomic mass is 10.1. The van der Waals surface area contributed by atoms with Crippen LogP contribution in [0.3, 0.4) is 0 Å². The van der Waals surface area contributed by atoms with Gasteiger partial charge in [0.2, 0.25) is 5.82 Å². The number of nitrogens with zero attached hydrogens (tertiary/aromatic N) is 5. The number of nitrogens with one attached hydrogen (secondary N) is 1. The number of anilines is 1. The van der Waals surface area contributed by atoms with Crippen LogP contribution < -0.4 is 4.90 Å². The number of hydrogen-bond donors (Lipinski definition) is 1. The van der Waals surface area contributed by atoms with E-state index < -0.39 is 0 Å². The van der Waals surface area contributed by atoms with Crippen LogP contribution in [0.4, 0.5) is 5.69 Å². The third kappa shape index (κ3) is 3.02. The number of pyridine rings is 1. The number of rotatable bonds is 3. The summed E-state index contributed by atoms with van der Waals surface area (Å²) in [5.41, 5.74) is 3.91. The van der Waals surface area contributed by atoms with Gasteiger partial charge in [0.1, 0.15) is 11.8 Å². The molecule has 1 atom stereocenters. The summed E-state index contributed by atoms with van der Waals surface area (Å²) in [6.45, 7) is 5.89. The van der Waals surface area contributed by atoms with Gasteiger partial charge in [0, 0.05) is 48.2 Å². The molecule has 3 aromatic heterocycles. The van der Waals surface area contributed by atoms with Crippen molar-refractivity contribution in [2.75, 3.05) is 37.7 Å². The molecule has 0 spiro atoms. The molecular formula is C19H20N6O2. The van der Waals surface area contributed by atoms with Crippen molar-refractivity contribution in [3.8, 4) is 11.1 Å². The van der Waals surface area contributed by atoms with Crippen LogP contribution in [0.1, 0.15) is 12.7 Å². The number of ether oxygens (including phenoxy) is 2. The topological polar surface area (TPSA) is 88.5 Å². The van der Waals surface area contributed by atoms with Gasteiger partial charge in [0.05, 0.1) is 31.6 Å². The fourth-order valence-electron chi connectivity index (χ4n) is 3.40. The van der Waals surface area contributed by atoms with Crippen molar-refractivity contribution in [1.29, 1.82) is 0 Å². The maximum absolute atomic E-state index is 5.62. The van der Waals surface area contributed by atoms with Gasteiger partial charge in [0.25, 0.3) is 5.90 Å². The zero-order valence-electron chi connectivity index (χ0n) is 15.1. The first-order chi connectivity index (χ1) is 13.3. The van der Waals surface area contributed by atoms with Crippen LogP contribution in [0.15, 0.2) is 35.8 Å². The van der Waals surface area contributed by atoms with Crippen molar-refractivity contribution in [2.45, 2.75) is 13.0 Å². The number of aliphatic imine (C=N–C) groups is 1. The largest absolute Gasteiger partial charge is 0.470 e. The van der Waals surface area contributed by atoms with E-state index in [-0.39, 0.29) is 6.10 Å². The van der Waals surface area contributed by atoms with Crippen molar-refractivity contribution >= 4 is 22.6 Å². The van der Waals surface area contributed by atoms with Crippen LogP contribution in [0.5, 0.6) is 0 Å². The maximum Gasteiger partial charge on any atom is 0.255 e. The molecule has 1 saturated heterocycles. The van der Waals surface area contributed by atoms with Crippen LogP contribution in [-0.2, 0) is 9.47 Å². The summed E-state index contributed by atoms with van der Waals surface area (Å²) in [6.07, 6.45) is 7.55. The molecule has 0 aliphatic carbocycles. The lowest BCUT2D eigenvalue weighted by molar-refractivity contribution is 0.122. The Hall–Kier alpha value is -3.00. The van der Waals surface area contributed by atoms with Crippen molar-refractivity contribution < 1.29 is 9.47 Å². The summed E-state index contributed by atoms with van der Waals surface area (Å²) in [4.78, 5) is 23.3. The molecule has 3 aromatic rings. The van der Waals surface area contributed by atoms with Crippen LogP contribution in [0, 0.1) is 0 Å². The lowest BCUT2D eigenvalue weighted by Crippen LogP contribution is -2.36. The van der Waals surface area contributed by atoms with Gasteiger partial charge >= 0.3 is 0 Å². The molecule has 0 saturated carbocycles. The van der Waals surface area contributed by atoms with E-state index in [4.69, 9.17) is 9.47 Å². The smallest absolute Gasteiger partial charge is 0.255 e. The minimum atomic E-state index is 0.0848. The van der Waals surface area contributed by atoms with E-state index in [9.17, 15) is 0 Å². The van der Waals surface area contributed by atoms with Crippen molar-refractivity contribution in [2.24, 2.45) is 4.99 Å². The normalized spacial score (nSPS) is 20.0. The summed E-state index contributed by atoms with van der Waals surface area (Å²) in [5, 5.41) is 1.05. The van der Waals surface area contributed by atoms with E-state index >= 15 is 0 Å². The number of aromatic nitrogens is 4. The Morgan fingerprint density at radius 2 is 1.93 bits per heavy atom. The Morgan fingerprint density at radius 1 is 1.11 bits per heavy atom. The van der Waals surface area contributed by atoms with E-state index in [2.05, 4.69) is 35.9 Å². The first-order valence-corrected chi connectivity index (χ1v) is 9.11. The number of H-pyrrole nitrogens is 1. The molecular weight excluding hydrogens is 344 g/mol. The third-order valence-corrected chi connectivity index (χ3v) is 4.85. The Bertz CT molecular complexity index is 991. The van der Waals surface area contributed by atoms with E-state index in [0.29, 0.717) is 18.3 Å². The van der Waals surface area contributed by atoms with Crippen molar-refractivity contribution in [1.82, 2.24) is 19.9 Å². The van der Waals surface area contributed by atoms with Crippen LogP contribution in [-0.4, -0.2) is 64.8 Å². The van der Waals surface area contributed by atoms with E-state index in [0.717, 1.165) is 54.2 Å². The SMILES string of the molecule is C[C@@H]1CN=C(c2ncc(-c3c[nH]c4ncc(N5CCOCC5)cc34)cn2)O1. The van der Waals surface area contributed by atoms with Crippen LogP contribution >= 0.6 is 0 Å². The molecule has 1 N–H and O–H groups in total. The second-order valence-corrected chi connectivity index (χ2v) is 6.76. The second kappa shape index (κ2) is 6.62. The van der Waals surface area contributed by atoms with Crippen molar-refractivity contribution in [3.05, 3.63) is 36.7 Å². The summed E-state index contributed by atoms with van der Waals surface area (Å²) in [7, 11) is 0. The lowest BCUT2D eigenvalue weighted by Gasteiger charge is -2.28. The van der Waals surface area contributed by atoms with Gasteiger partial charge in [-0.2, -0.15) is 0 Å². The zero-order chi connectivity index (χ0) is 18.2. The predicted molar refractivity (Wildman–Crippen MR) is 102 cm³/mol. The summed E-state index contributed by atoms with van der Waals surface area (Å²) < 4.78 is 11.1. The standard InChI is InChI=1S/C19H20N6O2/c1-12-7-24-19(27-12)18-20-8-13(9-21-18)16-11-23-17-15(16)6-14(10-22-17)25-2-4-26-5-3-25/h6,8-12H,2-5,7H2,1H3,(H,22,23)/t12-/m1/s1. The van der Waals surface area contributed by atoms with Gasteiger partial charge < -0.3 is 19.4 Å². The van der Waals surface area contributed by atoms with Gasteiger partial charge in [-0.05, 0) is 13.0 Å². The molecule has 8 heteroatoms. The monoisotopic (exact) mass is 364 g/mol. The molecule has 0 radical (unpaired) electrons. The van der Waals surface area contributed by atoms with E-state index in [1.54, 1.807) is 12.4 Å². The molecule has 27 heavy (non-hydrogen) atoms. The van der Waals surface area contributed by atoms with Gasteiger partial charge in [-0.15, -0.1) is 0 Å². The maximum atomic E-state index is 5.62. The minimum Gasteiger partial charge on any atom is -0.470 e. The van der Waals surface area contributed by atoms with Crippen LogP contribution in [0.2, 0.25) is 0 Å². The zero-order valence-corrected chi connectivity index (χ0v) is 15.1. The Labute approximate surface area is 156 Å². The Kier molecular flexibility index (Phi) is 3.97. The highest BCUT2D eigenvalue weighted by Crippen LogP contribution is 2.30. The molecule has 2 aliphatic rings. The molecule has 0 aromatic carbocycles. The fourth-order valence-corrected chi connectivity index (χ4v) is 3.40. The quantitative estimate of drug-likeness (QED) is 0.765. The molecule has 8 nitrogen and oxygen atoms in total. The summed E-state index contributed by atoms with van der Waals surface area (Å²) in [6, 6.07) is 2.17. The fraction of sp³-hybridized carbons (Fsp3) is 0.368. The second-order valence-electron chi connectivity index (χ2n) is 6.76. The summed E-state index contributed by atoms with van der Waals surface area (Å²) >= 11 is 0. The highest BCUT2D eigenvalue weighted by atomic mass is 16.5. The molecule has 0 unspecified atom stereocenters. The third-order valence-electron chi connectivity index (χ3n) is 4.85. The van der Waals surface area contributed by atoms with Crippen molar-refractivity contribution in [3.63, 3.8) is 0 Å². The highest BCUT2D eigenvalue weighted by molar-refractivity contribution is 5.95. The Morgan fingerprint density at radius 3 is 2.67 bits per heavy atom. The molecule has 2 aliphatic heterocycles. The number of hydrogen-bond acceptors (Lipinski definition) is 7. The average Bonchev–Trinajstić information content (AvgIpc) is 3.34. The van der Waals surface area contributed by atoms with E-state index in [1.165, 1.54) is 0 Å². The number of fused-ring (bicyclic) bond motifs is 1. The molecule has 138 valence electrons. The van der Waals surface area contributed by atoms with Gasteiger partial charge in [-0.1, -0.05) is 0 Å². The predicted octanol–water partition coefficient (Wildman–Crippen LogP) is 2.02. The Balaban J connectivity index is 1.47. The molecule has 0 amide bonds. The molecule has 0 bridgehead atoms. The number of morpholine rings is 1. The van der Waals surface area contributed by atoms with Gasteiger partial charge in [-0.25, -0.2) is 19.9 Å². The minimum absolute atomic E-state index is 0.0848. The number of aromatic amines is 1. The first kappa shape index (κ1) is 16.2. The van der Waals surface area contributed by atoms with E-state index in [1.807, 2.05) is 19.3 Å².